The van der Waals surface area contributed by atoms with Crippen molar-refractivity contribution in [3.63, 3.8) is 0 Å². The van der Waals surface area contributed by atoms with Crippen LogP contribution in [0.5, 0.6) is 0 Å². The normalized spacial score (nSPS) is 17.1. The summed E-state index contributed by atoms with van der Waals surface area (Å²) in [6.45, 7) is 2.46. The lowest BCUT2D eigenvalue weighted by Gasteiger charge is -2.23. The van der Waals surface area contributed by atoms with Crippen LogP contribution in [0.15, 0.2) is 78.3 Å². The predicted molar refractivity (Wildman–Crippen MR) is 92.6 cm³/mol. The SMILES string of the molecule is C[n+]1ccccc1[P+](C)(C1=CC=CCC1)c1ccccc1. The highest BCUT2D eigenvalue weighted by atomic mass is 31.2. The van der Waals surface area contributed by atoms with Gasteiger partial charge in [-0.1, -0.05) is 30.4 Å². The van der Waals surface area contributed by atoms with Crippen molar-refractivity contribution >= 4 is 18.0 Å². The second-order valence-corrected chi connectivity index (χ2v) is 9.20. The van der Waals surface area contributed by atoms with Crippen molar-refractivity contribution in [2.24, 2.45) is 7.05 Å². The highest BCUT2D eigenvalue weighted by Gasteiger charge is 2.48. The Hall–Kier alpha value is -1.72. The number of allylic oxidation sites excluding steroid dienone is 4. The lowest BCUT2D eigenvalue weighted by molar-refractivity contribution is -0.653. The Bertz CT molecular complexity index is 688. The number of hydrogen-bond donors (Lipinski definition) is 0. The fourth-order valence-electron chi connectivity index (χ4n) is 3.11. The van der Waals surface area contributed by atoms with E-state index in [2.05, 4.69) is 91.2 Å². The quantitative estimate of drug-likeness (QED) is 0.604. The molecule has 1 nitrogen and oxygen atoms in total. The number of aromatic nitrogens is 1. The molecule has 1 aromatic heterocycles. The first-order chi connectivity index (χ1) is 10.2. The molecule has 2 heteroatoms. The van der Waals surface area contributed by atoms with Crippen LogP contribution in [0, 0.1) is 0 Å². The Labute approximate surface area is 128 Å². The van der Waals surface area contributed by atoms with Gasteiger partial charge in [0.15, 0.2) is 13.5 Å². The smallest absolute Gasteiger partial charge is 0.171 e. The fourth-order valence-corrected chi connectivity index (χ4v) is 6.81. The number of rotatable bonds is 3. The minimum absolute atomic E-state index is 1.16. The van der Waals surface area contributed by atoms with E-state index in [1.54, 1.807) is 5.31 Å². The first-order valence-electron chi connectivity index (χ1n) is 7.46. The summed E-state index contributed by atoms with van der Waals surface area (Å²) >= 11 is 0. The van der Waals surface area contributed by atoms with E-state index < -0.39 is 7.26 Å². The second-order valence-electron chi connectivity index (χ2n) is 5.64. The minimum Gasteiger partial charge on any atom is -0.171 e. The zero-order chi connectivity index (χ0) is 14.7. The zero-order valence-corrected chi connectivity index (χ0v) is 13.6. The molecule has 1 aromatic carbocycles. The molecule has 106 valence electrons. The van der Waals surface area contributed by atoms with Crippen LogP contribution >= 0.6 is 7.26 Å². The van der Waals surface area contributed by atoms with E-state index in [1.165, 1.54) is 17.2 Å². The summed E-state index contributed by atoms with van der Waals surface area (Å²) in [5.74, 6) is 0. The van der Waals surface area contributed by atoms with Crippen LogP contribution in [0.1, 0.15) is 12.8 Å². The van der Waals surface area contributed by atoms with Gasteiger partial charge in [-0.3, -0.25) is 0 Å². The molecule has 3 rings (SSSR count). The predicted octanol–water partition coefficient (Wildman–Crippen LogP) is 3.34. The summed E-state index contributed by atoms with van der Waals surface area (Å²) in [6.07, 6.45) is 11.3. The molecule has 0 N–H and O–H groups in total. The summed E-state index contributed by atoms with van der Waals surface area (Å²) in [6, 6.07) is 17.6. The van der Waals surface area contributed by atoms with Gasteiger partial charge in [0.25, 0.3) is 0 Å². The highest BCUT2D eigenvalue weighted by Crippen LogP contribution is 2.61. The van der Waals surface area contributed by atoms with Crippen molar-refractivity contribution in [1.82, 2.24) is 0 Å². The van der Waals surface area contributed by atoms with E-state index in [0.717, 1.165) is 6.42 Å². The summed E-state index contributed by atoms with van der Waals surface area (Å²) in [5.41, 5.74) is 1.44. The number of nitrogens with zero attached hydrogens (tertiary/aromatic N) is 1. The molecule has 1 atom stereocenters. The molecule has 1 aliphatic carbocycles. The van der Waals surface area contributed by atoms with E-state index in [9.17, 15) is 0 Å². The standard InChI is InChI=1S/C19H22NP/c1-20-16-10-9-15-19(20)21(2,17-11-5-3-6-12-17)18-13-7-4-8-14-18/h3-7,9-13,15-16H,8,14H2,1-2H3/q+2. The van der Waals surface area contributed by atoms with Crippen molar-refractivity contribution in [2.45, 2.75) is 12.8 Å². The van der Waals surface area contributed by atoms with Crippen LogP contribution < -0.4 is 15.3 Å². The third-order valence-electron chi connectivity index (χ3n) is 4.32. The molecule has 0 radical (unpaired) electrons. The van der Waals surface area contributed by atoms with Gasteiger partial charge < -0.3 is 0 Å². The van der Waals surface area contributed by atoms with Crippen molar-refractivity contribution in [3.8, 4) is 0 Å². The average Bonchev–Trinajstić information content (AvgIpc) is 2.56. The first kappa shape index (κ1) is 14.2. The maximum absolute atomic E-state index is 2.46. The van der Waals surface area contributed by atoms with Gasteiger partial charge in [-0.15, -0.1) is 0 Å². The lowest BCUT2D eigenvalue weighted by Crippen LogP contribution is -2.48. The van der Waals surface area contributed by atoms with Gasteiger partial charge in [0.2, 0.25) is 0 Å². The molecule has 2 aromatic rings. The topological polar surface area (TPSA) is 3.88 Å². The number of aryl methyl sites for hydroxylation is 1. The summed E-state index contributed by atoms with van der Waals surface area (Å²) in [4.78, 5) is 0. The third kappa shape index (κ3) is 2.59. The van der Waals surface area contributed by atoms with E-state index in [0.29, 0.717) is 0 Å². The molecule has 1 aliphatic rings. The van der Waals surface area contributed by atoms with Gasteiger partial charge in [0, 0.05) is 18.6 Å². The van der Waals surface area contributed by atoms with E-state index in [1.807, 2.05) is 0 Å². The van der Waals surface area contributed by atoms with Gasteiger partial charge in [0.05, 0.1) is 12.0 Å². The zero-order valence-electron chi connectivity index (χ0n) is 12.7. The molecule has 0 bridgehead atoms. The molecular weight excluding hydrogens is 273 g/mol. The Balaban J connectivity index is 2.23. The molecule has 0 amide bonds. The van der Waals surface area contributed by atoms with Crippen molar-refractivity contribution < 1.29 is 4.57 Å². The number of benzene rings is 1. The fraction of sp³-hybridized carbons (Fsp3) is 0.211. The summed E-state index contributed by atoms with van der Waals surface area (Å²) < 4.78 is 2.29. The molecule has 21 heavy (non-hydrogen) atoms. The second kappa shape index (κ2) is 5.95. The van der Waals surface area contributed by atoms with Crippen LogP contribution in [0.25, 0.3) is 0 Å². The number of hydrogen-bond acceptors (Lipinski definition) is 0. The summed E-state index contributed by atoms with van der Waals surface area (Å²) in [7, 11) is 0.648. The monoisotopic (exact) mass is 295 g/mol. The minimum atomic E-state index is -1.51. The largest absolute Gasteiger partial charge is 0.326 e. The lowest BCUT2D eigenvalue weighted by atomic mass is 10.2. The van der Waals surface area contributed by atoms with Gasteiger partial charge in [-0.2, -0.15) is 4.57 Å². The van der Waals surface area contributed by atoms with Crippen molar-refractivity contribution in [3.05, 3.63) is 78.3 Å². The average molecular weight is 295 g/mol. The van der Waals surface area contributed by atoms with Crippen molar-refractivity contribution in [1.29, 1.82) is 0 Å². The van der Waals surface area contributed by atoms with E-state index in [4.69, 9.17) is 0 Å². The highest BCUT2D eigenvalue weighted by molar-refractivity contribution is 7.92. The third-order valence-corrected chi connectivity index (χ3v) is 8.56. The Kier molecular flexibility index (Phi) is 4.03. The first-order valence-corrected chi connectivity index (χ1v) is 9.70. The molecule has 0 aliphatic heterocycles. The molecule has 0 fully saturated rings. The van der Waals surface area contributed by atoms with E-state index >= 15 is 0 Å². The van der Waals surface area contributed by atoms with Crippen LogP contribution in [0.3, 0.4) is 0 Å². The van der Waals surface area contributed by atoms with Gasteiger partial charge in [0.1, 0.15) is 12.4 Å². The molecule has 1 heterocycles. The van der Waals surface area contributed by atoms with E-state index in [-0.39, 0.29) is 0 Å². The molecule has 1 unspecified atom stereocenters. The van der Waals surface area contributed by atoms with Crippen LogP contribution in [0.4, 0.5) is 0 Å². The van der Waals surface area contributed by atoms with Gasteiger partial charge in [-0.05, 0) is 30.7 Å². The Morgan fingerprint density at radius 1 is 1.00 bits per heavy atom. The molecular formula is C19H22NP+2. The number of pyridine rings is 1. The molecule has 0 saturated carbocycles. The Morgan fingerprint density at radius 2 is 1.76 bits per heavy atom. The summed E-state index contributed by atoms with van der Waals surface area (Å²) in [5, 5.41) is 3.06. The maximum Gasteiger partial charge on any atom is 0.326 e. The van der Waals surface area contributed by atoms with Crippen LogP contribution in [-0.2, 0) is 7.05 Å². The van der Waals surface area contributed by atoms with Crippen molar-refractivity contribution in [2.75, 3.05) is 6.66 Å². The van der Waals surface area contributed by atoms with Crippen LogP contribution in [0.2, 0.25) is 0 Å². The van der Waals surface area contributed by atoms with Gasteiger partial charge >= 0.3 is 5.44 Å². The van der Waals surface area contributed by atoms with Gasteiger partial charge in [-0.25, -0.2) is 0 Å². The maximum atomic E-state index is 2.46. The Morgan fingerprint density at radius 3 is 2.43 bits per heavy atom. The van der Waals surface area contributed by atoms with Crippen LogP contribution in [-0.4, -0.2) is 6.66 Å². The molecule has 0 saturated heterocycles. The molecule has 0 spiro atoms.